The maximum atomic E-state index is 11.1. The molecule has 1 aliphatic carbocycles. The second-order valence-corrected chi connectivity index (χ2v) is 4.62. The van der Waals surface area contributed by atoms with Crippen molar-refractivity contribution >= 4 is 5.91 Å². The van der Waals surface area contributed by atoms with Crippen LogP contribution in [0.25, 0.3) is 0 Å². The molecule has 15 heavy (non-hydrogen) atoms. The van der Waals surface area contributed by atoms with Gasteiger partial charge in [-0.05, 0) is 31.6 Å². The molecule has 0 bridgehead atoms. The van der Waals surface area contributed by atoms with Crippen LogP contribution < -0.4 is 5.32 Å². The first kappa shape index (κ1) is 12.5. The average molecular weight is 215 g/mol. The molecule has 0 aromatic rings. The number of carbonyl (C=O) groups is 1. The molecule has 2 N–H and O–H groups in total. The lowest BCUT2D eigenvalue weighted by Gasteiger charge is -2.34. The van der Waals surface area contributed by atoms with Crippen LogP contribution in [-0.4, -0.2) is 36.9 Å². The first-order valence-corrected chi connectivity index (χ1v) is 5.54. The van der Waals surface area contributed by atoms with E-state index in [0.29, 0.717) is 12.5 Å². The topological polar surface area (TPSA) is 58.6 Å². The van der Waals surface area contributed by atoms with Crippen molar-refractivity contribution in [2.45, 2.75) is 38.2 Å². The highest BCUT2D eigenvalue weighted by Crippen LogP contribution is 2.31. The van der Waals surface area contributed by atoms with Crippen LogP contribution in [0.2, 0.25) is 0 Å². The third kappa shape index (κ3) is 4.18. The van der Waals surface area contributed by atoms with Gasteiger partial charge >= 0.3 is 0 Å². The molecule has 1 rings (SSSR count). The molecule has 4 heteroatoms. The van der Waals surface area contributed by atoms with Crippen molar-refractivity contribution in [3.05, 3.63) is 0 Å². The predicted octanol–water partition coefficient (Wildman–Crippen LogP) is 0.690. The Kier molecular flexibility index (Phi) is 4.54. The van der Waals surface area contributed by atoms with Crippen molar-refractivity contribution < 1.29 is 14.6 Å². The van der Waals surface area contributed by atoms with Gasteiger partial charge in [-0.15, -0.1) is 0 Å². The Morgan fingerprint density at radius 2 is 2.13 bits per heavy atom. The van der Waals surface area contributed by atoms with Crippen LogP contribution in [-0.2, 0) is 9.53 Å². The van der Waals surface area contributed by atoms with Gasteiger partial charge in [0.25, 0.3) is 0 Å². The molecule has 88 valence electrons. The highest BCUT2D eigenvalue weighted by Gasteiger charge is 2.31. The van der Waals surface area contributed by atoms with Gasteiger partial charge in [0.1, 0.15) is 6.61 Å². The number of amides is 1. The van der Waals surface area contributed by atoms with Crippen molar-refractivity contribution in [2.24, 2.45) is 5.92 Å². The lowest BCUT2D eigenvalue weighted by molar-refractivity contribution is -0.126. The Morgan fingerprint density at radius 1 is 1.53 bits per heavy atom. The van der Waals surface area contributed by atoms with Gasteiger partial charge in [-0.2, -0.15) is 0 Å². The fourth-order valence-electron chi connectivity index (χ4n) is 1.92. The third-order valence-corrected chi connectivity index (χ3v) is 3.10. The minimum Gasteiger partial charge on any atom is -0.388 e. The van der Waals surface area contributed by atoms with Crippen LogP contribution in [0.5, 0.6) is 0 Å². The van der Waals surface area contributed by atoms with E-state index in [1.165, 1.54) is 7.11 Å². The van der Waals surface area contributed by atoms with Gasteiger partial charge in [-0.1, -0.05) is 6.92 Å². The van der Waals surface area contributed by atoms with Crippen LogP contribution in [0.15, 0.2) is 0 Å². The van der Waals surface area contributed by atoms with E-state index in [-0.39, 0.29) is 12.5 Å². The van der Waals surface area contributed by atoms with Gasteiger partial charge in [0, 0.05) is 13.7 Å². The third-order valence-electron chi connectivity index (χ3n) is 3.10. The van der Waals surface area contributed by atoms with Gasteiger partial charge in [-0.3, -0.25) is 4.79 Å². The minimum absolute atomic E-state index is 0.0620. The second kappa shape index (κ2) is 5.47. The fourth-order valence-corrected chi connectivity index (χ4v) is 1.92. The molecule has 0 radical (unpaired) electrons. The molecule has 0 heterocycles. The number of nitrogens with one attached hydrogen (secondary N) is 1. The Morgan fingerprint density at radius 3 is 2.67 bits per heavy atom. The SMILES string of the molecule is COCC(=O)NCC1(O)CCC(C)CC1. The van der Waals surface area contributed by atoms with Gasteiger partial charge in [-0.25, -0.2) is 0 Å². The molecule has 0 saturated heterocycles. The maximum Gasteiger partial charge on any atom is 0.246 e. The minimum atomic E-state index is -0.699. The van der Waals surface area contributed by atoms with Crippen LogP contribution in [0.4, 0.5) is 0 Å². The summed E-state index contributed by atoms with van der Waals surface area (Å²) in [5, 5.41) is 12.8. The first-order valence-electron chi connectivity index (χ1n) is 5.54. The smallest absolute Gasteiger partial charge is 0.246 e. The average Bonchev–Trinajstić information content (AvgIpc) is 2.21. The van der Waals surface area contributed by atoms with Crippen molar-refractivity contribution in [2.75, 3.05) is 20.3 Å². The predicted molar refractivity (Wildman–Crippen MR) is 57.5 cm³/mol. The van der Waals surface area contributed by atoms with E-state index < -0.39 is 5.60 Å². The first-order chi connectivity index (χ1) is 7.06. The number of ether oxygens (including phenoxy) is 1. The zero-order chi connectivity index (χ0) is 11.3. The molecule has 0 atom stereocenters. The van der Waals surface area contributed by atoms with Gasteiger partial charge in [0.2, 0.25) is 5.91 Å². The standard InChI is InChI=1S/C11H21NO3/c1-9-3-5-11(14,6-4-9)8-12-10(13)7-15-2/h9,14H,3-8H2,1-2H3,(H,12,13). The number of hydrogen-bond donors (Lipinski definition) is 2. The lowest BCUT2D eigenvalue weighted by atomic mass is 9.79. The number of methoxy groups -OCH3 is 1. The number of carbonyl (C=O) groups excluding carboxylic acids is 1. The molecule has 0 aromatic heterocycles. The summed E-state index contributed by atoms with van der Waals surface area (Å²) in [6.07, 6.45) is 3.64. The summed E-state index contributed by atoms with van der Waals surface area (Å²) in [5.41, 5.74) is -0.699. The van der Waals surface area contributed by atoms with Gasteiger partial charge in [0.15, 0.2) is 0 Å². The summed E-state index contributed by atoms with van der Waals surface area (Å²) in [6.45, 7) is 2.61. The van der Waals surface area contributed by atoms with Crippen molar-refractivity contribution in [3.63, 3.8) is 0 Å². The molecule has 0 aliphatic heterocycles. The molecular formula is C11H21NO3. The van der Waals surface area contributed by atoms with Gasteiger partial charge in [0.05, 0.1) is 5.60 Å². The van der Waals surface area contributed by atoms with E-state index in [4.69, 9.17) is 4.74 Å². The Hall–Kier alpha value is -0.610. The molecule has 1 amide bonds. The van der Waals surface area contributed by atoms with Crippen molar-refractivity contribution in [1.82, 2.24) is 5.32 Å². The van der Waals surface area contributed by atoms with E-state index in [1.54, 1.807) is 0 Å². The zero-order valence-electron chi connectivity index (χ0n) is 9.58. The van der Waals surface area contributed by atoms with E-state index in [2.05, 4.69) is 12.2 Å². The zero-order valence-corrected chi connectivity index (χ0v) is 9.58. The van der Waals surface area contributed by atoms with Crippen LogP contribution in [0.1, 0.15) is 32.6 Å². The van der Waals surface area contributed by atoms with Crippen LogP contribution in [0, 0.1) is 5.92 Å². The summed E-state index contributed by atoms with van der Waals surface area (Å²) < 4.78 is 4.70. The molecular weight excluding hydrogens is 194 g/mol. The number of hydrogen-bond acceptors (Lipinski definition) is 3. The second-order valence-electron chi connectivity index (χ2n) is 4.62. The maximum absolute atomic E-state index is 11.1. The molecule has 0 unspecified atom stereocenters. The molecule has 4 nitrogen and oxygen atoms in total. The van der Waals surface area contributed by atoms with E-state index >= 15 is 0 Å². The monoisotopic (exact) mass is 215 g/mol. The molecule has 1 saturated carbocycles. The van der Waals surface area contributed by atoms with Crippen molar-refractivity contribution in [1.29, 1.82) is 0 Å². The van der Waals surface area contributed by atoms with E-state index in [0.717, 1.165) is 25.7 Å². The van der Waals surface area contributed by atoms with E-state index in [1.807, 2.05) is 0 Å². The summed E-state index contributed by atoms with van der Waals surface area (Å²) in [7, 11) is 1.48. The molecule has 1 fully saturated rings. The fraction of sp³-hybridized carbons (Fsp3) is 0.909. The van der Waals surface area contributed by atoms with Gasteiger partial charge < -0.3 is 15.2 Å². The Balaban J connectivity index is 2.27. The summed E-state index contributed by atoms with van der Waals surface area (Å²) in [4.78, 5) is 11.1. The summed E-state index contributed by atoms with van der Waals surface area (Å²) in [6, 6.07) is 0. The molecule has 0 spiro atoms. The quantitative estimate of drug-likeness (QED) is 0.725. The van der Waals surface area contributed by atoms with Crippen LogP contribution in [0.3, 0.4) is 0 Å². The highest BCUT2D eigenvalue weighted by atomic mass is 16.5. The van der Waals surface area contributed by atoms with Crippen LogP contribution >= 0.6 is 0 Å². The van der Waals surface area contributed by atoms with E-state index in [9.17, 15) is 9.90 Å². The number of rotatable bonds is 4. The molecule has 0 aromatic carbocycles. The molecule has 1 aliphatic rings. The number of aliphatic hydroxyl groups is 1. The summed E-state index contributed by atoms with van der Waals surface area (Å²) in [5.74, 6) is 0.532. The Bertz CT molecular complexity index is 210. The normalized spacial score (nSPS) is 31.3. The largest absolute Gasteiger partial charge is 0.388 e. The Labute approximate surface area is 91.0 Å². The lowest BCUT2D eigenvalue weighted by Crippen LogP contribution is -2.45. The highest BCUT2D eigenvalue weighted by molar-refractivity contribution is 5.77. The van der Waals surface area contributed by atoms with Crippen molar-refractivity contribution in [3.8, 4) is 0 Å². The summed E-state index contributed by atoms with van der Waals surface area (Å²) >= 11 is 0.